The Morgan fingerprint density at radius 2 is 1.00 bits per heavy atom. The molecule has 12 atom stereocenters. The summed E-state index contributed by atoms with van der Waals surface area (Å²) in [6.45, 7) is 4.22. The zero-order valence-corrected chi connectivity index (χ0v) is 71.0. The van der Waals surface area contributed by atoms with Gasteiger partial charge in [0.1, 0.15) is 84.9 Å². The lowest BCUT2D eigenvalue weighted by Gasteiger charge is -2.35. The quantitative estimate of drug-likeness (QED) is 0.0139. The van der Waals surface area contributed by atoms with Crippen LogP contribution in [0.25, 0.3) is 10.9 Å². The molecule has 670 valence electrons. The lowest BCUT2D eigenvalue weighted by Crippen LogP contribution is -2.63. The Bertz CT molecular complexity index is 4390. The molecule has 0 bridgehead atoms. The zero-order chi connectivity index (χ0) is 90.2. The topological polar surface area (TPSA) is 611 Å². The summed E-state index contributed by atoms with van der Waals surface area (Å²) in [6, 6.07) is 13.5. The number of nitrogens with two attached hydrogens (primary N) is 4. The third kappa shape index (κ3) is 33.6. The van der Waals surface area contributed by atoms with Gasteiger partial charge in [-0.2, -0.15) is 25.3 Å². The first-order chi connectivity index (χ1) is 58.8. The van der Waals surface area contributed by atoms with Gasteiger partial charge in [0.2, 0.25) is 88.6 Å². The number of phenols is 1. The lowest BCUT2D eigenvalue weighted by molar-refractivity contribution is -0.141. The fourth-order valence-corrected chi connectivity index (χ4v) is 14.3. The number of aromatic amines is 1. The summed E-state index contributed by atoms with van der Waals surface area (Å²) in [5.74, 6) is -16.4. The van der Waals surface area contributed by atoms with Crippen LogP contribution in [0.3, 0.4) is 0 Å². The maximum absolute atomic E-state index is 15.3. The SMILES string of the molecule is CC(=O)N[C@@H](CS)C(=O)N[C@@H](C)C(=O)N[C@@H](CC(=O)O)C(=O)N[C@@H](Cc1c[nH]c2ccccc12)C(=O)N[C@H](C(=O)N[C@@H](CS)C(=O)N[C@@H](Cc1ccc(O)cc1)C(=O)N[C@H](C(=O)N[C@@H](CCCN)C(=O)N[C@@H](CN)C(=O)N[C@@H](Cc1ccccc1)C(=O)NCC(=O)NCCOCC(=O)N[C@H](CCCCN)C(N)=O)C1CCC(c2ccccc2)CC1)C(C)C. The number of fused-ring (bicyclic) bond motifs is 1. The van der Waals surface area contributed by atoms with E-state index in [4.69, 9.17) is 27.7 Å². The molecule has 5 aromatic rings. The fraction of sp³-hybridized carbons (Fsp3) is 0.494. The third-order valence-corrected chi connectivity index (χ3v) is 21.2. The molecule has 0 unspecified atom stereocenters. The van der Waals surface area contributed by atoms with Gasteiger partial charge in [0.05, 0.1) is 19.6 Å². The van der Waals surface area contributed by atoms with Crippen molar-refractivity contribution in [1.29, 1.82) is 0 Å². The van der Waals surface area contributed by atoms with Crippen LogP contribution in [0.15, 0.2) is 115 Å². The van der Waals surface area contributed by atoms with Crippen LogP contribution < -0.4 is 97.4 Å². The van der Waals surface area contributed by atoms with Crippen LogP contribution in [0.5, 0.6) is 5.75 Å². The van der Waals surface area contributed by atoms with Gasteiger partial charge in [-0.3, -0.25) is 76.7 Å². The van der Waals surface area contributed by atoms with E-state index in [9.17, 15) is 77.3 Å². The van der Waals surface area contributed by atoms with E-state index in [1.807, 2.05) is 30.3 Å². The number of carboxylic acid groups (broad SMARTS) is 1. The van der Waals surface area contributed by atoms with Crippen molar-refractivity contribution in [1.82, 2.24) is 79.4 Å². The molecule has 1 aliphatic carbocycles. The normalized spacial score (nSPS) is 16.0. The second-order valence-corrected chi connectivity index (χ2v) is 31.1. The number of unbranched alkanes of at least 4 members (excludes halogenated alkanes) is 1. The number of H-pyrrole nitrogens is 1. The number of thiol groups is 2. The predicted molar refractivity (Wildman–Crippen MR) is 461 cm³/mol. The molecule has 15 amide bonds. The number of nitrogens with one attached hydrogen (secondary N) is 15. The number of benzene rings is 4. The molecule has 40 heteroatoms. The van der Waals surface area contributed by atoms with Crippen molar-refractivity contribution in [2.75, 3.05) is 57.4 Å². The fourth-order valence-electron chi connectivity index (χ4n) is 13.7. The average molecular weight is 1750 g/mol. The number of aliphatic carboxylic acids is 1. The number of aromatic nitrogens is 1. The molecule has 6 rings (SSSR count). The number of carboxylic acids is 1. The number of carbonyl (C=O) groups is 16. The Hall–Kier alpha value is -11.7. The average Bonchev–Trinajstić information content (AvgIpc) is 1.60. The van der Waals surface area contributed by atoms with Crippen molar-refractivity contribution < 1.29 is 91.7 Å². The number of carbonyl (C=O) groups excluding carboxylic acids is 15. The number of aromatic hydroxyl groups is 1. The number of para-hydroxylation sites is 1. The molecule has 1 aromatic heterocycles. The number of amides is 15. The number of hydrogen-bond acceptors (Lipinski definition) is 23. The summed E-state index contributed by atoms with van der Waals surface area (Å²) in [5, 5.41) is 57.0. The standard InChI is InChI=1S/C83H117N19O19S2/c1-46(2)70(101-78(115)62(38-54-41-89-57-21-12-11-20-56(54)57)98-76(113)63(39-69(107)108)95-73(110)47(3)91-80(117)65(44-122)92-48(4)103)82(119)100-66(45-123)81(118)97-61(37-50-24-30-55(104)31-25-50)77(114)102-71(53-28-26-52(27-29-53)51-18-9-6-10-19-51)83(120)94-59(23-15-33-85)75(112)99-64(40-86)79(116)96-60(36-49-16-7-5-8-17-49)74(111)90-42-67(105)88-34-35-121-43-68(106)93-58(72(87)109)22-13-14-32-84/h5-12,16-21,24-25,30-31,41,46-47,52-53,58-66,70-71,89,104,122-123H,13-15,22-23,26-29,32-40,42-45,84-86H2,1-4H3,(H2,87,109)(H,88,105)(H,90,111)(H,91,117)(H,92,103)(H,93,106)(H,94,120)(H,95,110)(H,96,116)(H,97,118)(H,98,113)(H,99,112)(H,100,119)(H,101,115)(H,102,114)(H,107,108)/t47-,52?,53?,58+,59-,60-,61-,62-,63-,64-,65-,66-,70-,71-/m0/s1. The Kier molecular flexibility index (Phi) is 42.2. The molecular formula is C83H117N19O19S2. The molecule has 0 saturated heterocycles. The predicted octanol–water partition coefficient (Wildman–Crippen LogP) is -2.72. The van der Waals surface area contributed by atoms with E-state index in [0.29, 0.717) is 79.1 Å². The minimum atomic E-state index is -1.86. The van der Waals surface area contributed by atoms with Crippen LogP contribution in [0.4, 0.5) is 0 Å². The molecular weight excluding hydrogens is 1630 g/mol. The van der Waals surface area contributed by atoms with Crippen LogP contribution in [0.1, 0.15) is 120 Å². The second kappa shape index (κ2) is 51.9. The van der Waals surface area contributed by atoms with Gasteiger partial charge >= 0.3 is 5.97 Å². The van der Waals surface area contributed by atoms with E-state index in [-0.39, 0.29) is 69.2 Å². The Balaban J connectivity index is 1.20. The summed E-state index contributed by atoms with van der Waals surface area (Å²) < 4.78 is 5.35. The third-order valence-electron chi connectivity index (χ3n) is 20.5. The van der Waals surface area contributed by atoms with Crippen LogP contribution in [0, 0.1) is 11.8 Å². The Labute approximate surface area is 723 Å². The molecule has 1 fully saturated rings. The van der Waals surface area contributed by atoms with Crippen molar-refractivity contribution in [3.63, 3.8) is 0 Å². The van der Waals surface area contributed by atoms with Crippen LogP contribution >= 0.6 is 25.3 Å². The highest BCUT2D eigenvalue weighted by atomic mass is 32.1. The largest absolute Gasteiger partial charge is 0.508 e. The minimum Gasteiger partial charge on any atom is -0.508 e. The summed E-state index contributed by atoms with van der Waals surface area (Å²) in [4.78, 5) is 223. The van der Waals surface area contributed by atoms with E-state index in [1.165, 1.54) is 38.1 Å². The molecule has 25 N–H and O–H groups in total. The first-order valence-electron chi connectivity index (χ1n) is 40.7. The maximum Gasteiger partial charge on any atom is 0.305 e. The van der Waals surface area contributed by atoms with Gasteiger partial charge in [0.15, 0.2) is 0 Å². The highest BCUT2D eigenvalue weighted by Crippen LogP contribution is 2.37. The number of phenolic OH excluding ortho intramolecular Hbond substituents is 1. The maximum atomic E-state index is 15.3. The first kappa shape index (κ1) is 100. The molecule has 1 aliphatic rings. The molecule has 4 aromatic carbocycles. The lowest BCUT2D eigenvalue weighted by atomic mass is 9.75. The van der Waals surface area contributed by atoms with Gasteiger partial charge in [-0.15, -0.1) is 0 Å². The highest BCUT2D eigenvalue weighted by molar-refractivity contribution is 7.80. The second-order valence-electron chi connectivity index (χ2n) is 30.3. The van der Waals surface area contributed by atoms with Gasteiger partial charge in [0, 0.05) is 67.9 Å². The van der Waals surface area contributed by atoms with E-state index >= 15 is 9.59 Å². The molecule has 1 saturated carbocycles. The monoisotopic (exact) mass is 1750 g/mol. The molecule has 0 spiro atoms. The van der Waals surface area contributed by atoms with Crippen LogP contribution in [0.2, 0.25) is 0 Å². The summed E-state index contributed by atoms with van der Waals surface area (Å²) in [6.07, 6.45) is 3.26. The van der Waals surface area contributed by atoms with E-state index in [0.717, 1.165) is 5.56 Å². The van der Waals surface area contributed by atoms with E-state index in [2.05, 4.69) is 105 Å². The highest BCUT2D eigenvalue weighted by Gasteiger charge is 2.41. The van der Waals surface area contributed by atoms with Gasteiger partial charge in [-0.1, -0.05) is 105 Å². The Morgan fingerprint density at radius 1 is 0.488 bits per heavy atom. The van der Waals surface area contributed by atoms with Crippen molar-refractivity contribution in [2.24, 2.45) is 34.8 Å². The van der Waals surface area contributed by atoms with Crippen LogP contribution in [-0.4, -0.2) is 240 Å². The zero-order valence-electron chi connectivity index (χ0n) is 69.2. The van der Waals surface area contributed by atoms with Gasteiger partial charge in [-0.05, 0) is 136 Å². The molecule has 0 aliphatic heterocycles. The smallest absolute Gasteiger partial charge is 0.305 e. The summed E-state index contributed by atoms with van der Waals surface area (Å²) >= 11 is 8.52. The Morgan fingerprint density at radius 3 is 1.60 bits per heavy atom. The van der Waals surface area contributed by atoms with Crippen molar-refractivity contribution >= 4 is 131 Å². The minimum absolute atomic E-state index is 0.0312. The number of hydrogen-bond donors (Lipinski definition) is 23. The van der Waals surface area contributed by atoms with Crippen molar-refractivity contribution in [2.45, 2.75) is 190 Å². The number of ether oxygens (including phenoxy) is 1. The van der Waals surface area contributed by atoms with Crippen LogP contribution in [-0.2, 0) is 101 Å². The summed E-state index contributed by atoms with van der Waals surface area (Å²) in [7, 11) is 0. The van der Waals surface area contributed by atoms with Gasteiger partial charge in [-0.25, -0.2) is 0 Å². The van der Waals surface area contributed by atoms with Crippen molar-refractivity contribution in [3.05, 3.63) is 138 Å². The van der Waals surface area contributed by atoms with Crippen molar-refractivity contribution in [3.8, 4) is 5.75 Å². The molecule has 1 heterocycles. The van der Waals surface area contributed by atoms with E-state index in [1.54, 1.807) is 74.6 Å². The molecule has 38 nitrogen and oxygen atoms in total. The van der Waals surface area contributed by atoms with Gasteiger partial charge < -0.3 is 117 Å². The molecule has 0 radical (unpaired) electrons. The number of rotatable bonds is 52. The summed E-state index contributed by atoms with van der Waals surface area (Å²) in [5.41, 5.74) is 26.3. The first-order valence-corrected chi connectivity index (χ1v) is 42.0. The number of primary amides is 1. The van der Waals surface area contributed by atoms with Gasteiger partial charge in [0.25, 0.3) is 0 Å². The van der Waals surface area contributed by atoms with E-state index < -0.39 is 211 Å². The molecule has 123 heavy (non-hydrogen) atoms.